The van der Waals surface area contributed by atoms with E-state index in [1.807, 2.05) is 41.1 Å². The number of hydrogen-bond acceptors (Lipinski definition) is 2. The Morgan fingerprint density at radius 2 is 1.83 bits per heavy atom. The molecule has 0 unspecified atom stereocenters. The third-order valence-corrected chi connectivity index (χ3v) is 4.04. The summed E-state index contributed by atoms with van der Waals surface area (Å²) >= 11 is 12.1. The molecule has 116 valence electrons. The number of aromatic nitrogens is 1. The number of hydrogen-bond donors (Lipinski definition) is 1. The van der Waals surface area contributed by atoms with Gasteiger partial charge in [-0.15, -0.1) is 0 Å². The zero-order chi connectivity index (χ0) is 16.2. The lowest BCUT2D eigenvalue weighted by Gasteiger charge is -2.04. The molecule has 1 amide bonds. The van der Waals surface area contributed by atoms with Crippen molar-refractivity contribution in [1.82, 2.24) is 9.99 Å². The van der Waals surface area contributed by atoms with E-state index in [0.717, 1.165) is 10.9 Å². The number of rotatable bonds is 4. The van der Waals surface area contributed by atoms with Gasteiger partial charge in [0.05, 0.1) is 16.3 Å². The Morgan fingerprint density at radius 3 is 2.61 bits per heavy atom. The molecule has 0 spiro atoms. The minimum atomic E-state index is -0.231. The summed E-state index contributed by atoms with van der Waals surface area (Å²) < 4.78 is 1.86. The maximum absolute atomic E-state index is 12.0. The van der Waals surface area contributed by atoms with Gasteiger partial charge in [0, 0.05) is 17.3 Å². The second-order valence-corrected chi connectivity index (χ2v) is 5.75. The van der Waals surface area contributed by atoms with Crippen LogP contribution in [-0.4, -0.2) is 16.7 Å². The molecule has 0 fully saturated rings. The van der Waals surface area contributed by atoms with E-state index in [1.54, 1.807) is 18.2 Å². The third-order valence-electron chi connectivity index (χ3n) is 3.38. The molecule has 1 N–H and O–H groups in total. The first-order valence-electron chi connectivity index (χ1n) is 6.95. The van der Waals surface area contributed by atoms with Crippen molar-refractivity contribution in [3.05, 3.63) is 70.3 Å². The SMILES string of the molecule is O=C(Cn1ccc2ccccc21)N/N=C/c1c(Cl)cccc1Cl. The first-order chi connectivity index (χ1) is 11.1. The molecular weight excluding hydrogens is 333 g/mol. The van der Waals surface area contributed by atoms with Gasteiger partial charge in [-0.3, -0.25) is 4.79 Å². The van der Waals surface area contributed by atoms with Crippen LogP contribution in [0.5, 0.6) is 0 Å². The summed E-state index contributed by atoms with van der Waals surface area (Å²) in [7, 11) is 0. The van der Waals surface area contributed by atoms with Gasteiger partial charge in [-0.2, -0.15) is 5.10 Å². The molecule has 0 aliphatic rings. The van der Waals surface area contributed by atoms with Gasteiger partial charge in [0.25, 0.3) is 5.91 Å². The number of halogens is 2. The van der Waals surface area contributed by atoms with Gasteiger partial charge < -0.3 is 4.57 Å². The molecule has 0 aliphatic heterocycles. The molecule has 6 heteroatoms. The third kappa shape index (κ3) is 3.55. The zero-order valence-electron chi connectivity index (χ0n) is 12.0. The molecule has 3 aromatic rings. The van der Waals surface area contributed by atoms with Crippen LogP contribution in [0.15, 0.2) is 59.8 Å². The van der Waals surface area contributed by atoms with E-state index in [9.17, 15) is 4.79 Å². The molecule has 23 heavy (non-hydrogen) atoms. The quantitative estimate of drug-likeness (QED) is 0.561. The van der Waals surface area contributed by atoms with Crippen LogP contribution < -0.4 is 5.43 Å². The van der Waals surface area contributed by atoms with Crippen LogP contribution >= 0.6 is 23.2 Å². The number of benzene rings is 2. The minimum Gasteiger partial charge on any atom is -0.338 e. The van der Waals surface area contributed by atoms with Gasteiger partial charge in [-0.25, -0.2) is 5.43 Å². The van der Waals surface area contributed by atoms with Crippen LogP contribution in [0.2, 0.25) is 10.0 Å². The first-order valence-corrected chi connectivity index (χ1v) is 7.70. The van der Waals surface area contributed by atoms with Crippen molar-refractivity contribution < 1.29 is 4.79 Å². The summed E-state index contributed by atoms with van der Waals surface area (Å²) in [6, 6.07) is 15.0. The molecule has 0 radical (unpaired) electrons. The topological polar surface area (TPSA) is 46.4 Å². The van der Waals surface area contributed by atoms with Gasteiger partial charge >= 0.3 is 0 Å². The van der Waals surface area contributed by atoms with E-state index in [2.05, 4.69) is 10.5 Å². The fourth-order valence-corrected chi connectivity index (χ4v) is 2.77. The lowest BCUT2D eigenvalue weighted by Crippen LogP contribution is -2.22. The molecule has 0 saturated carbocycles. The van der Waals surface area contributed by atoms with Crippen molar-refractivity contribution in [2.45, 2.75) is 6.54 Å². The molecule has 1 heterocycles. The predicted molar refractivity (Wildman–Crippen MR) is 94.1 cm³/mol. The highest BCUT2D eigenvalue weighted by Crippen LogP contribution is 2.22. The van der Waals surface area contributed by atoms with Gasteiger partial charge in [-0.05, 0) is 29.7 Å². The fourth-order valence-electron chi connectivity index (χ4n) is 2.27. The van der Waals surface area contributed by atoms with E-state index in [1.165, 1.54) is 6.21 Å². The van der Waals surface area contributed by atoms with E-state index >= 15 is 0 Å². The molecule has 1 aromatic heterocycles. The van der Waals surface area contributed by atoms with Crippen molar-refractivity contribution in [3.63, 3.8) is 0 Å². The van der Waals surface area contributed by atoms with Crippen LogP contribution in [0, 0.1) is 0 Å². The summed E-state index contributed by atoms with van der Waals surface area (Å²) in [4.78, 5) is 12.0. The van der Waals surface area contributed by atoms with Crippen LogP contribution in [0.25, 0.3) is 10.9 Å². The van der Waals surface area contributed by atoms with E-state index in [4.69, 9.17) is 23.2 Å². The summed E-state index contributed by atoms with van der Waals surface area (Å²) in [5, 5.41) is 5.96. The number of carbonyl (C=O) groups is 1. The highest BCUT2D eigenvalue weighted by atomic mass is 35.5. The number of hydrazone groups is 1. The number of fused-ring (bicyclic) bond motifs is 1. The predicted octanol–water partition coefficient (Wildman–Crippen LogP) is 4.10. The summed E-state index contributed by atoms with van der Waals surface area (Å²) in [6.07, 6.45) is 3.31. The zero-order valence-corrected chi connectivity index (χ0v) is 13.6. The molecule has 3 rings (SSSR count). The van der Waals surface area contributed by atoms with Gasteiger partial charge in [-0.1, -0.05) is 47.5 Å². The van der Waals surface area contributed by atoms with Crippen molar-refractivity contribution >= 4 is 46.2 Å². The average molecular weight is 346 g/mol. The smallest absolute Gasteiger partial charge is 0.259 e. The van der Waals surface area contributed by atoms with Crippen molar-refractivity contribution in [3.8, 4) is 0 Å². The molecule has 2 aromatic carbocycles. The van der Waals surface area contributed by atoms with Crippen LogP contribution in [-0.2, 0) is 11.3 Å². The molecule has 0 aliphatic carbocycles. The normalized spacial score (nSPS) is 11.2. The van der Waals surface area contributed by atoms with Crippen molar-refractivity contribution in [2.75, 3.05) is 0 Å². The van der Waals surface area contributed by atoms with E-state index in [0.29, 0.717) is 15.6 Å². The Balaban J connectivity index is 1.67. The van der Waals surface area contributed by atoms with Crippen molar-refractivity contribution in [2.24, 2.45) is 5.10 Å². The van der Waals surface area contributed by atoms with Crippen LogP contribution in [0.4, 0.5) is 0 Å². The van der Waals surface area contributed by atoms with E-state index in [-0.39, 0.29) is 12.5 Å². The number of amides is 1. The maximum Gasteiger partial charge on any atom is 0.259 e. The first kappa shape index (κ1) is 15.6. The number of para-hydroxylation sites is 1. The Bertz CT molecular complexity index is 866. The van der Waals surface area contributed by atoms with Gasteiger partial charge in [0.2, 0.25) is 0 Å². The van der Waals surface area contributed by atoms with Crippen LogP contribution in [0.1, 0.15) is 5.56 Å². The molecule has 0 bridgehead atoms. The Labute approximate surface area is 143 Å². The summed E-state index contributed by atoms with van der Waals surface area (Å²) in [5.74, 6) is -0.231. The highest BCUT2D eigenvalue weighted by molar-refractivity contribution is 6.38. The molecule has 4 nitrogen and oxygen atoms in total. The maximum atomic E-state index is 12.0. The minimum absolute atomic E-state index is 0.182. The summed E-state index contributed by atoms with van der Waals surface area (Å²) in [5.41, 5.74) is 4.05. The van der Waals surface area contributed by atoms with Gasteiger partial charge in [0.1, 0.15) is 6.54 Å². The highest BCUT2D eigenvalue weighted by Gasteiger charge is 2.06. The number of nitrogens with one attached hydrogen (secondary N) is 1. The molecular formula is C17H13Cl2N3O. The average Bonchev–Trinajstić information content (AvgIpc) is 2.93. The monoisotopic (exact) mass is 345 g/mol. The standard InChI is InChI=1S/C17H13Cl2N3O/c18-14-5-3-6-15(19)13(14)10-20-21-17(23)11-22-9-8-12-4-1-2-7-16(12)22/h1-10H,11H2,(H,21,23)/b20-10+. The van der Waals surface area contributed by atoms with E-state index < -0.39 is 0 Å². The molecule has 0 atom stereocenters. The lowest BCUT2D eigenvalue weighted by atomic mass is 10.2. The lowest BCUT2D eigenvalue weighted by molar-refractivity contribution is -0.121. The Morgan fingerprint density at radius 1 is 1.09 bits per heavy atom. The second-order valence-electron chi connectivity index (χ2n) is 4.93. The fraction of sp³-hybridized carbons (Fsp3) is 0.0588. The summed E-state index contributed by atoms with van der Waals surface area (Å²) in [6.45, 7) is 0.182. The van der Waals surface area contributed by atoms with Crippen molar-refractivity contribution in [1.29, 1.82) is 0 Å². The largest absolute Gasteiger partial charge is 0.338 e. The number of carbonyl (C=O) groups excluding carboxylic acids is 1. The Kier molecular flexibility index (Phi) is 4.65. The number of nitrogens with zero attached hydrogens (tertiary/aromatic N) is 2. The Hall–Kier alpha value is -2.30. The second kappa shape index (κ2) is 6.86. The molecule has 0 saturated heterocycles. The van der Waals surface area contributed by atoms with Gasteiger partial charge in [0.15, 0.2) is 0 Å². The van der Waals surface area contributed by atoms with Crippen LogP contribution in [0.3, 0.4) is 0 Å².